The van der Waals surface area contributed by atoms with Crippen LogP contribution in [0, 0.1) is 0 Å². The molecule has 0 fully saturated rings. The monoisotopic (exact) mass is 675 g/mol. The van der Waals surface area contributed by atoms with Crippen molar-refractivity contribution in [2.45, 2.75) is 0 Å². The van der Waals surface area contributed by atoms with Crippen molar-refractivity contribution in [1.29, 1.82) is 0 Å². The molecule has 11 aromatic rings. The molecule has 0 N–H and O–H groups in total. The number of benzene rings is 8. The van der Waals surface area contributed by atoms with Crippen molar-refractivity contribution in [3.63, 3.8) is 0 Å². The largest absolute Gasteiger partial charge is 0.314 e. The van der Waals surface area contributed by atoms with E-state index in [9.17, 15) is 0 Å². The number of hydrogen-bond donors (Lipinski definition) is 0. The highest BCUT2D eigenvalue weighted by molar-refractivity contribution is 6.20. The van der Waals surface area contributed by atoms with Gasteiger partial charge in [-0.2, -0.15) is 0 Å². The van der Waals surface area contributed by atoms with E-state index in [2.05, 4.69) is 214 Å². The second-order valence-electron chi connectivity index (χ2n) is 13.8. The van der Waals surface area contributed by atoms with Crippen LogP contribution in [-0.2, 0) is 0 Å². The Balaban J connectivity index is 1.22. The summed E-state index contributed by atoms with van der Waals surface area (Å²) in [6, 6.07) is 70.3. The molecule has 3 heteroatoms. The topological polar surface area (TPSA) is 14.8 Å². The lowest BCUT2D eigenvalue weighted by Gasteiger charge is -2.14. The van der Waals surface area contributed by atoms with Crippen LogP contribution in [0.2, 0.25) is 0 Å². The molecule has 0 amide bonds. The number of rotatable bonds is 5. The fourth-order valence-electron chi connectivity index (χ4n) is 8.50. The molecule has 3 aromatic heterocycles. The van der Waals surface area contributed by atoms with Gasteiger partial charge in [-0.05, 0) is 65.2 Å². The predicted molar refractivity (Wildman–Crippen MR) is 223 cm³/mol. The summed E-state index contributed by atoms with van der Waals surface area (Å²) in [5, 5.41) is 6.20. The molecule has 0 unspecified atom stereocenters. The fourth-order valence-corrected chi connectivity index (χ4v) is 8.50. The van der Waals surface area contributed by atoms with Gasteiger partial charge in [0.15, 0.2) is 0 Å². The quantitative estimate of drug-likeness (QED) is 0.172. The zero-order valence-corrected chi connectivity index (χ0v) is 28.9. The van der Waals surface area contributed by atoms with Gasteiger partial charge in [0.1, 0.15) is 0 Å². The van der Waals surface area contributed by atoms with Crippen LogP contribution in [0.1, 0.15) is 0 Å². The first-order valence-corrected chi connectivity index (χ1v) is 18.2. The number of para-hydroxylation sites is 3. The number of fused-ring (bicyclic) bond motifs is 8. The predicted octanol–water partition coefficient (Wildman–Crippen LogP) is 13.2. The maximum atomic E-state index is 2.48. The van der Waals surface area contributed by atoms with E-state index in [1.54, 1.807) is 0 Å². The van der Waals surface area contributed by atoms with Crippen LogP contribution >= 0.6 is 0 Å². The van der Waals surface area contributed by atoms with Crippen LogP contribution < -0.4 is 0 Å². The fraction of sp³-hybridized carbons (Fsp3) is 0. The summed E-state index contributed by atoms with van der Waals surface area (Å²) in [5.41, 5.74) is 14.2. The smallest absolute Gasteiger partial charge is 0.0788 e. The van der Waals surface area contributed by atoms with E-state index in [0.29, 0.717) is 0 Å². The molecule has 0 bridgehead atoms. The van der Waals surface area contributed by atoms with Crippen LogP contribution in [0.3, 0.4) is 0 Å². The third kappa shape index (κ3) is 4.54. The Labute approximate surface area is 306 Å². The molecular formula is C50H33N3. The van der Waals surface area contributed by atoms with Crippen molar-refractivity contribution in [1.82, 2.24) is 13.7 Å². The van der Waals surface area contributed by atoms with Gasteiger partial charge >= 0.3 is 0 Å². The molecular weight excluding hydrogens is 643 g/mol. The summed E-state index contributed by atoms with van der Waals surface area (Å²) >= 11 is 0. The second-order valence-corrected chi connectivity index (χ2v) is 13.8. The summed E-state index contributed by atoms with van der Waals surface area (Å²) < 4.78 is 7.30. The van der Waals surface area contributed by atoms with E-state index < -0.39 is 0 Å². The molecule has 248 valence electrons. The van der Waals surface area contributed by atoms with Crippen LogP contribution in [0.4, 0.5) is 0 Å². The first-order valence-electron chi connectivity index (χ1n) is 18.2. The molecule has 0 aliphatic carbocycles. The highest BCUT2D eigenvalue weighted by Gasteiger charge is 2.21. The number of nitrogens with zero attached hydrogens (tertiary/aromatic N) is 3. The molecule has 0 radical (unpaired) electrons. The highest BCUT2D eigenvalue weighted by atomic mass is 15.0. The molecule has 11 rings (SSSR count). The van der Waals surface area contributed by atoms with Crippen molar-refractivity contribution < 1.29 is 0 Å². The summed E-state index contributed by atoms with van der Waals surface area (Å²) in [6.45, 7) is 0. The molecule has 0 aliphatic rings. The van der Waals surface area contributed by atoms with Crippen molar-refractivity contribution in [3.8, 4) is 39.3 Å². The molecule has 0 saturated carbocycles. The summed E-state index contributed by atoms with van der Waals surface area (Å²) in [7, 11) is 0. The Morgan fingerprint density at radius 2 is 0.811 bits per heavy atom. The van der Waals surface area contributed by atoms with Crippen LogP contribution in [-0.4, -0.2) is 13.7 Å². The average molecular weight is 676 g/mol. The SMILES string of the molecule is c1ccc(-c2ccc3c4ccccc4n(-c4cccc(-n5c6ccccc6c6ccc7c(-c8ccccc8)cn(-c8ccccc8)c7c65)c4)c3c2)cc1. The van der Waals surface area contributed by atoms with Gasteiger partial charge in [0.2, 0.25) is 0 Å². The minimum absolute atomic E-state index is 1.12. The normalized spacial score (nSPS) is 11.8. The Bertz CT molecular complexity index is 3150. The Hall–Kier alpha value is -7.10. The molecule has 3 heterocycles. The van der Waals surface area contributed by atoms with Gasteiger partial charge in [0.05, 0.1) is 27.6 Å². The maximum Gasteiger partial charge on any atom is 0.0788 e. The maximum absolute atomic E-state index is 2.48. The first kappa shape index (κ1) is 29.6. The van der Waals surface area contributed by atoms with E-state index in [1.807, 2.05) is 0 Å². The molecule has 0 atom stereocenters. The molecule has 0 spiro atoms. The summed E-state index contributed by atoms with van der Waals surface area (Å²) in [6.07, 6.45) is 2.32. The lowest BCUT2D eigenvalue weighted by atomic mass is 10.0. The zero-order chi connectivity index (χ0) is 34.9. The average Bonchev–Trinajstić information content (AvgIpc) is 3.90. The van der Waals surface area contributed by atoms with Gasteiger partial charge in [-0.3, -0.25) is 0 Å². The van der Waals surface area contributed by atoms with Gasteiger partial charge in [-0.1, -0.05) is 146 Å². The second kappa shape index (κ2) is 11.7. The summed E-state index contributed by atoms with van der Waals surface area (Å²) in [5.74, 6) is 0. The Kier molecular flexibility index (Phi) is 6.55. The van der Waals surface area contributed by atoms with E-state index in [0.717, 1.165) is 17.1 Å². The van der Waals surface area contributed by atoms with Crippen LogP contribution in [0.15, 0.2) is 200 Å². The van der Waals surface area contributed by atoms with E-state index in [-0.39, 0.29) is 0 Å². The molecule has 8 aromatic carbocycles. The lowest BCUT2D eigenvalue weighted by Crippen LogP contribution is -2.00. The first-order chi connectivity index (χ1) is 26.3. The third-order valence-electron chi connectivity index (χ3n) is 10.8. The van der Waals surface area contributed by atoms with Crippen LogP contribution in [0.5, 0.6) is 0 Å². The van der Waals surface area contributed by atoms with Gasteiger partial charge in [0.25, 0.3) is 0 Å². The van der Waals surface area contributed by atoms with Crippen molar-refractivity contribution in [2.75, 3.05) is 0 Å². The molecule has 0 saturated heterocycles. The standard InChI is InChI=1S/C50H33N3/c1-4-15-34(16-5-1)36-27-28-42-40-23-10-12-25-46(40)52(48(42)31-36)38-21-14-22-39(32-38)53-47-26-13-11-24-41(47)43-29-30-44-45(35-17-6-2-7-18-35)33-51(49(44)50(43)53)37-19-8-3-9-20-37/h1-33H. The van der Waals surface area contributed by atoms with Gasteiger partial charge in [-0.15, -0.1) is 0 Å². The molecule has 0 aliphatic heterocycles. The summed E-state index contributed by atoms with van der Waals surface area (Å²) in [4.78, 5) is 0. The minimum Gasteiger partial charge on any atom is -0.314 e. The van der Waals surface area contributed by atoms with Gasteiger partial charge in [-0.25, -0.2) is 0 Å². The Morgan fingerprint density at radius 3 is 1.55 bits per heavy atom. The van der Waals surface area contributed by atoms with E-state index in [1.165, 1.54) is 76.8 Å². The third-order valence-corrected chi connectivity index (χ3v) is 10.8. The molecule has 53 heavy (non-hydrogen) atoms. The highest BCUT2D eigenvalue weighted by Crippen LogP contribution is 2.42. The van der Waals surface area contributed by atoms with E-state index >= 15 is 0 Å². The number of hydrogen-bond acceptors (Lipinski definition) is 0. The number of aromatic nitrogens is 3. The molecule has 3 nitrogen and oxygen atoms in total. The Morgan fingerprint density at radius 1 is 0.283 bits per heavy atom. The van der Waals surface area contributed by atoms with Gasteiger partial charge in [0, 0.05) is 55.8 Å². The van der Waals surface area contributed by atoms with Crippen molar-refractivity contribution in [3.05, 3.63) is 200 Å². The van der Waals surface area contributed by atoms with Crippen LogP contribution in [0.25, 0.3) is 93.8 Å². The zero-order valence-electron chi connectivity index (χ0n) is 28.9. The minimum atomic E-state index is 1.12. The van der Waals surface area contributed by atoms with E-state index in [4.69, 9.17) is 0 Å². The van der Waals surface area contributed by atoms with Crippen molar-refractivity contribution >= 4 is 54.5 Å². The van der Waals surface area contributed by atoms with Crippen molar-refractivity contribution in [2.24, 2.45) is 0 Å². The lowest BCUT2D eigenvalue weighted by molar-refractivity contribution is 1.11. The van der Waals surface area contributed by atoms with Gasteiger partial charge < -0.3 is 13.7 Å².